The highest BCUT2D eigenvalue weighted by atomic mass is 16.7. The molecular formula is C13H20N2O2. The maximum Gasteiger partial charge on any atom is 0.231 e. The van der Waals surface area contributed by atoms with Gasteiger partial charge in [-0.1, -0.05) is 0 Å². The van der Waals surface area contributed by atoms with Gasteiger partial charge in [0.25, 0.3) is 0 Å². The van der Waals surface area contributed by atoms with Gasteiger partial charge in [0.1, 0.15) is 0 Å². The van der Waals surface area contributed by atoms with Crippen LogP contribution < -0.4 is 20.1 Å². The summed E-state index contributed by atoms with van der Waals surface area (Å²) in [6.45, 7) is 4.47. The number of anilines is 1. The van der Waals surface area contributed by atoms with Crippen molar-refractivity contribution in [3.05, 3.63) is 17.7 Å². The topological polar surface area (TPSA) is 42.5 Å². The summed E-state index contributed by atoms with van der Waals surface area (Å²) in [5.41, 5.74) is 2.33. The normalized spacial score (nSPS) is 12.8. The van der Waals surface area contributed by atoms with Crippen molar-refractivity contribution in [2.75, 3.05) is 32.2 Å². The molecule has 0 saturated carbocycles. The summed E-state index contributed by atoms with van der Waals surface area (Å²) in [5, 5.41) is 6.59. The first-order valence-electron chi connectivity index (χ1n) is 6.10. The van der Waals surface area contributed by atoms with Crippen molar-refractivity contribution in [1.29, 1.82) is 0 Å². The van der Waals surface area contributed by atoms with Gasteiger partial charge in [-0.05, 0) is 45.0 Å². The monoisotopic (exact) mass is 236 g/mol. The van der Waals surface area contributed by atoms with E-state index in [1.165, 1.54) is 12.0 Å². The van der Waals surface area contributed by atoms with Crippen LogP contribution in [-0.2, 0) is 0 Å². The Labute approximate surface area is 102 Å². The molecule has 2 N–H and O–H groups in total. The number of rotatable bonds is 6. The molecule has 17 heavy (non-hydrogen) atoms. The second-order valence-electron chi connectivity index (χ2n) is 4.26. The molecule has 0 bridgehead atoms. The predicted molar refractivity (Wildman–Crippen MR) is 69.0 cm³/mol. The highest BCUT2D eigenvalue weighted by molar-refractivity contribution is 5.60. The molecule has 0 fully saturated rings. The third-order valence-corrected chi connectivity index (χ3v) is 2.89. The van der Waals surface area contributed by atoms with Crippen molar-refractivity contribution < 1.29 is 9.47 Å². The Bertz CT molecular complexity index is 380. The summed E-state index contributed by atoms with van der Waals surface area (Å²) >= 11 is 0. The molecule has 4 heteroatoms. The Balaban J connectivity index is 1.88. The van der Waals surface area contributed by atoms with Crippen LogP contribution in [0.5, 0.6) is 11.5 Å². The number of aryl methyl sites for hydroxylation is 1. The van der Waals surface area contributed by atoms with Crippen molar-refractivity contribution in [3.8, 4) is 11.5 Å². The second kappa shape index (κ2) is 5.77. The quantitative estimate of drug-likeness (QED) is 0.743. The Kier molecular flexibility index (Phi) is 4.09. The van der Waals surface area contributed by atoms with Crippen LogP contribution in [0.15, 0.2) is 12.1 Å². The van der Waals surface area contributed by atoms with Crippen LogP contribution in [0.25, 0.3) is 0 Å². The average molecular weight is 236 g/mol. The van der Waals surface area contributed by atoms with Crippen LogP contribution in [0.4, 0.5) is 5.69 Å². The van der Waals surface area contributed by atoms with Crippen molar-refractivity contribution in [2.45, 2.75) is 19.8 Å². The van der Waals surface area contributed by atoms with E-state index in [2.05, 4.69) is 17.6 Å². The van der Waals surface area contributed by atoms with E-state index in [1.807, 2.05) is 19.2 Å². The first-order valence-corrected chi connectivity index (χ1v) is 6.10. The smallest absolute Gasteiger partial charge is 0.231 e. The SMILES string of the molecule is CNCCCCNc1cc2c(cc1C)OCO2. The molecule has 0 aromatic heterocycles. The lowest BCUT2D eigenvalue weighted by atomic mass is 10.1. The van der Waals surface area contributed by atoms with E-state index in [0.29, 0.717) is 6.79 Å². The molecule has 94 valence electrons. The lowest BCUT2D eigenvalue weighted by Gasteiger charge is -2.10. The standard InChI is InChI=1S/C13H20N2O2/c1-10-7-12-13(17-9-16-12)8-11(10)15-6-4-3-5-14-2/h7-8,14-15H,3-6,9H2,1-2H3. The predicted octanol–water partition coefficient (Wildman–Crippen LogP) is 2.14. The number of fused-ring (bicyclic) bond motifs is 1. The number of unbranched alkanes of at least 4 members (excludes halogenated alkanes) is 1. The maximum atomic E-state index is 5.37. The highest BCUT2D eigenvalue weighted by Crippen LogP contribution is 2.36. The van der Waals surface area contributed by atoms with E-state index in [0.717, 1.165) is 36.7 Å². The van der Waals surface area contributed by atoms with Gasteiger partial charge in [0.05, 0.1) is 0 Å². The van der Waals surface area contributed by atoms with Crippen molar-refractivity contribution >= 4 is 5.69 Å². The molecule has 1 heterocycles. The zero-order valence-corrected chi connectivity index (χ0v) is 10.5. The third kappa shape index (κ3) is 3.03. The Hall–Kier alpha value is -1.42. The Morgan fingerprint density at radius 3 is 2.59 bits per heavy atom. The van der Waals surface area contributed by atoms with Crippen LogP contribution in [0, 0.1) is 6.92 Å². The van der Waals surface area contributed by atoms with E-state index in [1.54, 1.807) is 0 Å². The van der Waals surface area contributed by atoms with Crippen LogP contribution >= 0.6 is 0 Å². The van der Waals surface area contributed by atoms with E-state index in [9.17, 15) is 0 Å². The van der Waals surface area contributed by atoms with Crippen molar-refractivity contribution in [3.63, 3.8) is 0 Å². The number of ether oxygens (including phenoxy) is 2. The zero-order chi connectivity index (χ0) is 12.1. The highest BCUT2D eigenvalue weighted by Gasteiger charge is 2.15. The molecule has 1 aromatic rings. The summed E-state index contributed by atoms with van der Waals surface area (Å²) < 4.78 is 10.7. The van der Waals surface area contributed by atoms with Crippen molar-refractivity contribution in [2.24, 2.45) is 0 Å². The summed E-state index contributed by atoms with van der Waals surface area (Å²) in [6, 6.07) is 4.05. The molecule has 0 unspecified atom stereocenters. The van der Waals surface area contributed by atoms with Gasteiger partial charge < -0.3 is 20.1 Å². The Morgan fingerprint density at radius 1 is 1.12 bits per heavy atom. The van der Waals surface area contributed by atoms with E-state index in [-0.39, 0.29) is 0 Å². The number of hydrogen-bond donors (Lipinski definition) is 2. The van der Waals surface area contributed by atoms with Gasteiger partial charge in [-0.3, -0.25) is 0 Å². The fraction of sp³-hybridized carbons (Fsp3) is 0.538. The Morgan fingerprint density at radius 2 is 1.82 bits per heavy atom. The molecule has 1 aromatic carbocycles. The van der Waals surface area contributed by atoms with Gasteiger partial charge in [0.2, 0.25) is 6.79 Å². The first-order chi connectivity index (χ1) is 8.31. The molecule has 0 atom stereocenters. The van der Waals surface area contributed by atoms with Gasteiger partial charge in [-0.15, -0.1) is 0 Å². The average Bonchev–Trinajstić information content (AvgIpc) is 2.76. The molecule has 0 radical (unpaired) electrons. The molecular weight excluding hydrogens is 216 g/mol. The molecule has 0 amide bonds. The van der Waals surface area contributed by atoms with Crippen molar-refractivity contribution in [1.82, 2.24) is 5.32 Å². The zero-order valence-electron chi connectivity index (χ0n) is 10.5. The van der Waals surface area contributed by atoms with E-state index in [4.69, 9.17) is 9.47 Å². The van der Waals surface area contributed by atoms with Crippen LogP contribution in [-0.4, -0.2) is 26.9 Å². The minimum atomic E-state index is 0.334. The van der Waals surface area contributed by atoms with Gasteiger partial charge in [-0.25, -0.2) is 0 Å². The van der Waals surface area contributed by atoms with Crippen LogP contribution in [0.1, 0.15) is 18.4 Å². The fourth-order valence-electron chi connectivity index (χ4n) is 1.88. The number of nitrogens with one attached hydrogen (secondary N) is 2. The molecule has 0 aliphatic carbocycles. The number of hydrogen-bond acceptors (Lipinski definition) is 4. The molecule has 4 nitrogen and oxygen atoms in total. The summed E-state index contributed by atoms with van der Waals surface area (Å²) in [5.74, 6) is 1.69. The minimum absolute atomic E-state index is 0.334. The number of benzene rings is 1. The fourth-order valence-corrected chi connectivity index (χ4v) is 1.88. The molecule has 1 aliphatic heterocycles. The van der Waals surface area contributed by atoms with Crippen LogP contribution in [0.2, 0.25) is 0 Å². The first kappa shape index (κ1) is 12.0. The lowest BCUT2D eigenvalue weighted by molar-refractivity contribution is 0.174. The van der Waals surface area contributed by atoms with E-state index < -0.39 is 0 Å². The van der Waals surface area contributed by atoms with Gasteiger partial charge in [0, 0.05) is 18.3 Å². The van der Waals surface area contributed by atoms with Crippen LogP contribution in [0.3, 0.4) is 0 Å². The largest absolute Gasteiger partial charge is 0.454 e. The molecule has 0 saturated heterocycles. The van der Waals surface area contributed by atoms with Gasteiger partial charge in [0.15, 0.2) is 11.5 Å². The molecule has 1 aliphatic rings. The summed E-state index contributed by atoms with van der Waals surface area (Å²) in [4.78, 5) is 0. The summed E-state index contributed by atoms with van der Waals surface area (Å²) in [6.07, 6.45) is 2.35. The molecule has 2 rings (SSSR count). The maximum absolute atomic E-state index is 5.37. The second-order valence-corrected chi connectivity index (χ2v) is 4.26. The summed E-state index contributed by atoms with van der Waals surface area (Å²) in [7, 11) is 1.98. The molecule has 0 spiro atoms. The van der Waals surface area contributed by atoms with E-state index >= 15 is 0 Å². The van der Waals surface area contributed by atoms with Gasteiger partial charge in [-0.2, -0.15) is 0 Å². The third-order valence-electron chi connectivity index (χ3n) is 2.89. The van der Waals surface area contributed by atoms with Gasteiger partial charge >= 0.3 is 0 Å². The minimum Gasteiger partial charge on any atom is -0.454 e. The lowest BCUT2D eigenvalue weighted by Crippen LogP contribution is -2.10.